The van der Waals surface area contributed by atoms with Crippen LogP contribution in [0, 0.1) is 0 Å². The minimum Gasteiger partial charge on any atom is -0.305 e. The molecule has 84 valence electrons. The first-order chi connectivity index (χ1) is 6.44. The summed E-state index contributed by atoms with van der Waals surface area (Å²) in [5.41, 5.74) is 0. The van der Waals surface area contributed by atoms with Crippen molar-refractivity contribution in [3.8, 4) is 0 Å². The Hall–Kier alpha value is -0.0700. The summed E-state index contributed by atoms with van der Waals surface area (Å²) in [6, 6.07) is -1.18. The van der Waals surface area contributed by atoms with Crippen LogP contribution in [0.3, 0.4) is 0 Å². The first-order valence-electron chi connectivity index (χ1n) is 4.69. The van der Waals surface area contributed by atoms with Crippen molar-refractivity contribution in [3.05, 3.63) is 0 Å². The van der Waals surface area contributed by atoms with Gasteiger partial charge >= 0.3 is 5.25 Å². The average molecular weight is 227 g/mol. The molecule has 0 bridgehead atoms. The van der Waals surface area contributed by atoms with Crippen molar-refractivity contribution < 1.29 is 17.5 Å². The standard InChI is InChI=1S/C8H15F2NO2S/c1-6(8(9,10)14(12)13)11-7-4-2-3-5-7/h6-7,11H,2-5H2,1H3,(H,12,13). The van der Waals surface area contributed by atoms with E-state index in [1.165, 1.54) is 6.92 Å². The van der Waals surface area contributed by atoms with Gasteiger partial charge in [-0.15, -0.1) is 0 Å². The summed E-state index contributed by atoms with van der Waals surface area (Å²) < 4.78 is 44.7. The lowest BCUT2D eigenvalue weighted by Gasteiger charge is -2.24. The quantitative estimate of drug-likeness (QED) is 0.719. The highest BCUT2D eigenvalue weighted by atomic mass is 32.2. The first-order valence-corrected chi connectivity index (χ1v) is 5.80. The van der Waals surface area contributed by atoms with Crippen molar-refractivity contribution >= 4 is 11.1 Å². The van der Waals surface area contributed by atoms with Crippen LogP contribution < -0.4 is 5.32 Å². The highest BCUT2D eigenvalue weighted by Gasteiger charge is 2.43. The van der Waals surface area contributed by atoms with Gasteiger partial charge in [-0.1, -0.05) is 12.8 Å². The zero-order chi connectivity index (χ0) is 10.8. The third-order valence-corrected chi connectivity index (χ3v) is 3.40. The second-order valence-electron chi connectivity index (χ2n) is 3.68. The van der Waals surface area contributed by atoms with Gasteiger partial charge in [0, 0.05) is 6.04 Å². The Bertz CT molecular complexity index is 219. The van der Waals surface area contributed by atoms with Gasteiger partial charge in [0.25, 0.3) is 0 Å². The van der Waals surface area contributed by atoms with Crippen LogP contribution in [0.25, 0.3) is 0 Å². The molecular formula is C8H15F2NO2S. The van der Waals surface area contributed by atoms with Crippen LogP contribution in [-0.2, 0) is 11.1 Å². The van der Waals surface area contributed by atoms with Gasteiger partial charge in [0.2, 0.25) is 11.1 Å². The Kier molecular flexibility index (Phi) is 3.97. The molecule has 0 spiro atoms. The van der Waals surface area contributed by atoms with Crippen LogP contribution >= 0.6 is 0 Å². The smallest absolute Gasteiger partial charge is 0.305 e. The Morgan fingerprint density at radius 1 is 1.50 bits per heavy atom. The Morgan fingerprint density at radius 2 is 2.00 bits per heavy atom. The maximum absolute atomic E-state index is 13.0. The van der Waals surface area contributed by atoms with Crippen LogP contribution in [0.5, 0.6) is 0 Å². The molecule has 0 aromatic carbocycles. The molecule has 0 radical (unpaired) electrons. The molecule has 1 saturated carbocycles. The van der Waals surface area contributed by atoms with Crippen molar-refractivity contribution in [1.29, 1.82) is 0 Å². The van der Waals surface area contributed by atoms with E-state index < -0.39 is 22.4 Å². The molecule has 2 unspecified atom stereocenters. The summed E-state index contributed by atoms with van der Waals surface area (Å²) in [5, 5.41) is -0.870. The van der Waals surface area contributed by atoms with Gasteiger partial charge in [-0.3, -0.25) is 0 Å². The number of hydrogen-bond donors (Lipinski definition) is 2. The van der Waals surface area contributed by atoms with Crippen LogP contribution in [0.4, 0.5) is 8.78 Å². The molecular weight excluding hydrogens is 212 g/mol. The number of halogens is 2. The number of rotatable bonds is 4. The lowest BCUT2D eigenvalue weighted by Crippen LogP contribution is -2.48. The van der Waals surface area contributed by atoms with Crippen LogP contribution in [0.1, 0.15) is 32.6 Å². The first kappa shape index (κ1) is 12.0. The molecule has 0 aromatic heterocycles. The third-order valence-electron chi connectivity index (χ3n) is 2.58. The molecule has 3 nitrogen and oxygen atoms in total. The fourth-order valence-electron chi connectivity index (χ4n) is 1.69. The van der Waals surface area contributed by atoms with Crippen molar-refractivity contribution in [3.63, 3.8) is 0 Å². The average Bonchev–Trinajstić information content (AvgIpc) is 2.56. The van der Waals surface area contributed by atoms with Crippen LogP contribution in [0.15, 0.2) is 0 Å². The van der Waals surface area contributed by atoms with E-state index in [1.54, 1.807) is 0 Å². The Morgan fingerprint density at radius 3 is 2.43 bits per heavy atom. The summed E-state index contributed by atoms with van der Waals surface area (Å²) in [5.74, 6) is 0. The molecule has 1 fully saturated rings. The Balaban J connectivity index is 2.47. The second-order valence-corrected chi connectivity index (χ2v) is 4.72. The second kappa shape index (κ2) is 4.63. The molecule has 2 N–H and O–H groups in total. The van der Waals surface area contributed by atoms with E-state index >= 15 is 0 Å². The van der Waals surface area contributed by atoms with Gasteiger partial charge in [0.05, 0.1) is 6.04 Å². The predicted molar refractivity (Wildman–Crippen MR) is 50.6 cm³/mol. The minimum absolute atomic E-state index is 0.0689. The van der Waals surface area contributed by atoms with E-state index in [-0.39, 0.29) is 6.04 Å². The van der Waals surface area contributed by atoms with Crippen LogP contribution in [-0.4, -0.2) is 26.1 Å². The molecule has 1 aliphatic rings. The zero-order valence-corrected chi connectivity index (χ0v) is 8.82. The number of alkyl halides is 2. The molecule has 2 atom stereocenters. The van der Waals surface area contributed by atoms with E-state index in [0.29, 0.717) is 0 Å². The lowest BCUT2D eigenvalue weighted by molar-refractivity contribution is 0.0481. The topological polar surface area (TPSA) is 49.3 Å². The molecule has 1 aliphatic carbocycles. The highest BCUT2D eigenvalue weighted by Crippen LogP contribution is 2.25. The van der Waals surface area contributed by atoms with Crippen LogP contribution in [0.2, 0.25) is 0 Å². The van der Waals surface area contributed by atoms with Crippen molar-refractivity contribution in [2.24, 2.45) is 0 Å². The zero-order valence-electron chi connectivity index (χ0n) is 8.00. The SMILES string of the molecule is CC(NC1CCCC1)C(F)(F)S(=O)O. The fraction of sp³-hybridized carbons (Fsp3) is 1.00. The minimum atomic E-state index is -3.57. The maximum atomic E-state index is 13.0. The third kappa shape index (κ3) is 2.71. The van der Waals surface area contributed by atoms with E-state index in [4.69, 9.17) is 4.55 Å². The predicted octanol–water partition coefficient (Wildman–Crippen LogP) is 1.72. The lowest BCUT2D eigenvalue weighted by atomic mass is 10.2. The Labute approximate surface area is 84.5 Å². The monoisotopic (exact) mass is 227 g/mol. The van der Waals surface area contributed by atoms with Gasteiger partial charge in [-0.05, 0) is 19.8 Å². The van der Waals surface area contributed by atoms with Gasteiger partial charge < -0.3 is 9.87 Å². The summed E-state index contributed by atoms with van der Waals surface area (Å²) >= 11 is -3.10. The molecule has 0 heterocycles. The van der Waals surface area contributed by atoms with Crippen molar-refractivity contribution in [2.45, 2.75) is 49.9 Å². The molecule has 0 amide bonds. The molecule has 1 rings (SSSR count). The van der Waals surface area contributed by atoms with Gasteiger partial charge in [0.15, 0.2) is 0 Å². The van der Waals surface area contributed by atoms with Gasteiger partial charge in [-0.25, -0.2) is 4.21 Å². The normalized spacial score (nSPS) is 23.7. The van der Waals surface area contributed by atoms with Gasteiger partial charge in [0.1, 0.15) is 0 Å². The molecule has 0 aromatic rings. The fourth-order valence-corrected chi connectivity index (χ4v) is 2.06. The summed E-state index contributed by atoms with van der Waals surface area (Å²) in [6.07, 6.45) is 3.83. The van der Waals surface area contributed by atoms with E-state index in [1.807, 2.05) is 0 Å². The van der Waals surface area contributed by atoms with E-state index in [2.05, 4.69) is 5.32 Å². The van der Waals surface area contributed by atoms with Crippen molar-refractivity contribution in [2.75, 3.05) is 0 Å². The molecule has 0 aliphatic heterocycles. The maximum Gasteiger partial charge on any atom is 0.359 e. The summed E-state index contributed by atoms with van der Waals surface area (Å²) in [6.45, 7) is 1.24. The largest absolute Gasteiger partial charge is 0.359 e. The van der Waals surface area contributed by atoms with E-state index in [9.17, 15) is 13.0 Å². The highest BCUT2D eigenvalue weighted by molar-refractivity contribution is 7.80. The molecule has 0 saturated heterocycles. The van der Waals surface area contributed by atoms with E-state index in [0.717, 1.165) is 25.7 Å². The van der Waals surface area contributed by atoms with Gasteiger partial charge in [-0.2, -0.15) is 8.78 Å². The van der Waals surface area contributed by atoms with Crippen molar-refractivity contribution in [1.82, 2.24) is 5.32 Å². The molecule has 6 heteroatoms. The number of nitrogens with one attached hydrogen (secondary N) is 1. The summed E-state index contributed by atoms with van der Waals surface area (Å²) in [7, 11) is 0. The number of hydrogen-bond acceptors (Lipinski definition) is 2. The molecule has 14 heavy (non-hydrogen) atoms. The summed E-state index contributed by atoms with van der Waals surface area (Å²) in [4.78, 5) is 0.